The highest BCUT2D eigenvalue weighted by Gasteiger charge is 1.71. The van der Waals surface area contributed by atoms with Crippen LogP contribution in [0.15, 0.2) is 14.9 Å². The number of hydrogen-bond donors (Lipinski definition) is 0. The summed E-state index contributed by atoms with van der Waals surface area (Å²) in [7, 11) is 0. The van der Waals surface area contributed by atoms with Crippen LogP contribution in [-0.2, 0) is 0 Å². The highest BCUT2D eigenvalue weighted by atomic mass is 127. The molecule has 0 aromatic heterocycles. The molecule has 1 heteroatoms. The molecular formula is C6H9I. The Morgan fingerprint density at radius 2 is 1.71 bits per heavy atom. The molecule has 0 atom stereocenters. The number of allylic oxidation sites excluding steroid dienone is 1. The summed E-state index contributed by atoms with van der Waals surface area (Å²) >= 11 is 2.24. The van der Waals surface area contributed by atoms with Gasteiger partial charge in [-0.15, -0.1) is 5.73 Å². The molecule has 0 saturated heterocycles. The Morgan fingerprint density at radius 1 is 1.29 bits per heavy atom. The number of halogens is 1. The summed E-state index contributed by atoms with van der Waals surface area (Å²) in [5, 5.41) is 0. The van der Waals surface area contributed by atoms with E-state index in [-0.39, 0.29) is 0 Å². The van der Waals surface area contributed by atoms with E-state index in [1.165, 1.54) is 9.15 Å². The summed E-state index contributed by atoms with van der Waals surface area (Å²) < 4.78 is 1.22. The summed E-state index contributed by atoms with van der Waals surface area (Å²) in [6.45, 7) is 6.12. The van der Waals surface area contributed by atoms with E-state index in [1.807, 2.05) is 20.8 Å². The lowest BCUT2D eigenvalue weighted by Gasteiger charge is -1.76. The average Bonchev–Trinajstić information content (AvgIpc) is 1.27. The number of hydrogen-bond acceptors (Lipinski definition) is 0. The van der Waals surface area contributed by atoms with Crippen LogP contribution >= 0.6 is 22.6 Å². The quantitative estimate of drug-likeness (QED) is 0.424. The Bertz CT molecular complexity index is 96.1. The van der Waals surface area contributed by atoms with Gasteiger partial charge in [-0.2, -0.15) is 0 Å². The molecule has 0 fully saturated rings. The normalized spacial score (nSPS) is 7.43. The fourth-order valence-corrected chi connectivity index (χ4v) is 0.884. The molecule has 0 aliphatic heterocycles. The molecule has 40 valence electrons. The minimum atomic E-state index is 1.22. The molecule has 0 bridgehead atoms. The van der Waals surface area contributed by atoms with Crippen LogP contribution in [0.4, 0.5) is 0 Å². The fraction of sp³-hybridized carbons (Fsp3) is 0.500. The molecule has 0 aromatic carbocycles. The monoisotopic (exact) mass is 208 g/mol. The van der Waals surface area contributed by atoms with E-state index in [2.05, 4.69) is 28.3 Å². The van der Waals surface area contributed by atoms with Gasteiger partial charge >= 0.3 is 0 Å². The van der Waals surface area contributed by atoms with Crippen molar-refractivity contribution in [2.75, 3.05) is 0 Å². The smallest absolute Gasteiger partial charge is 0.0292 e. The first-order valence-corrected chi connectivity index (χ1v) is 3.27. The highest BCUT2D eigenvalue weighted by Crippen LogP contribution is 2.01. The molecule has 0 spiro atoms. The van der Waals surface area contributed by atoms with Crippen LogP contribution in [0.1, 0.15) is 20.8 Å². The van der Waals surface area contributed by atoms with Crippen molar-refractivity contribution in [2.24, 2.45) is 0 Å². The van der Waals surface area contributed by atoms with Gasteiger partial charge in [-0.3, -0.25) is 0 Å². The Labute approximate surface area is 58.4 Å². The topological polar surface area (TPSA) is 0 Å². The molecule has 0 rings (SSSR count). The molecule has 7 heavy (non-hydrogen) atoms. The van der Waals surface area contributed by atoms with Gasteiger partial charge in [-0.1, -0.05) is 0 Å². The van der Waals surface area contributed by atoms with Gasteiger partial charge in [-0.05, 0) is 48.9 Å². The van der Waals surface area contributed by atoms with E-state index in [1.54, 1.807) is 0 Å². The van der Waals surface area contributed by atoms with E-state index in [4.69, 9.17) is 0 Å². The molecule has 0 saturated carbocycles. The Balaban J connectivity index is 4.13. The van der Waals surface area contributed by atoms with Crippen molar-refractivity contribution in [3.05, 3.63) is 14.9 Å². The number of rotatable bonds is 0. The standard InChI is InChI=1S/C6H9I/c1-5(2)4-6(3)7/h1-3H3. The second-order valence-corrected chi connectivity index (χ2v) is 3.28. The van der Waals surface area contributed by atoms with Gasteiger partial charge in [0.1, 0.15) is 0 Å². The minimum Gasteiger partial charge on any atom is -0.113 e. The van der Waals surface area contributed by atoms with Crippen molar-refractivity contribution in [1.82, 2.24) is 0 Å². The maximum Gasteiger partial charge on any atom is 0.0292 e. The Morgan fingerprint density at radius 3 is 1.71 bits per heavy atom. The van der Waals surface area contributed by atoms with Gasteiger partial charge in [0.2, 0.25) is 0 Å². The summed E-state index contributed by atoms with van der Waals surface area (Å²) in [5.74, 6) is 0. The van der Waals surface area contributed by atoms with Gasteiger partial charge in [-0.25, -0.2) is 0 Å². The van der Waals surface area contributed by atoms with Crippen LogP contribution in [-0.4, -0.2) is 0 Å². The molecule has 0 N–H and O–H groups in total. The van der Waals surface area contributed by atoms with Gasteiger partial charge in [0.25, 0.3) is 0 Å². The Kier molecular flexibility index (Phi) is 3.39. The van der Waals surface area contributed by atoms with E-state index in [9.17, 15) is 0 Å². The second kappa shape index (κ2) is 3.28. The third-order valence-corrected chi connectivity index (χ3v) is 0.692. The van der Waals surface area contributed by atoms with E-state index < -0.39 is 0 Å². The third-order valence-electron chi connectivity index (χ3n) is 0.422. The van der Waals surface area contributed by atoms with Crippen LogP contribution in [0.25, 0.3) is 0 Å². The summed E-state index contributed by atoms with van der Waals surface area (Å²) in [6, 6.07) is 0. The molecule has 0 aliphatic carbocycles. The lowest BCUT2D eigenvalue weighted by atomic mass is 10.4. The second-order valence-electron chi connectivity index (χ2n) is 1.66. The fourth-order valence-electron chi connectivity index (χ4n) is 0.344. The first kappa shape index (κ1) is 7.25. The molecule has 0 aromatic rings. The SMILES string of the molecule is CC(C)=C=C(C)I. The zero-order chi connectivity index (χ0) is 5.86. The van der Waals surface area contributed by atoms with Crippen LogP contribution in [0.3, 0.4) is 0 Å². The molecule has 0 heterocycles. The van der Waals surface area contributed by atoms with Crippen LogP contribution in [0.2, 0.25) is 0 Å². The van der Waals surface area contributed by atoms with Crippen LogP contribution in [0, 0.1) is 0 Å². The summed E-state index contributed by atoms with van der Waals surface area (Å²) in [4.78, 5) is 0. The summed E-state index contributed by atoms with van der Waals surface area (Å²) in [6.07, 6.45) is 0. The van der Waals surface area contributed by atoms with Crippen molar-refractivity contribution >= 4 is 22.6 Å². The van der Waals surface area contributed by atoms with E-state index >= 15 is 0 Å². The van der Waals surface area contributed by atoms with Crippen LogP contribution in [0.5, 0.6) is 0 Å². The highest BCUT2D eigenvalue weighted by molar-refractivity contribution is 14.1. The van der Waals surface area contributed by atoms with Gasteiger partial charge < -0.3 is 0 Å². The van der Waals surface area contributed by atoms with Crippen molar-refractivity contribution < 1.29 is 0 Å². The predicted molar refractivity (Wildman–Crippen MR) is 41.6 cm³/mol. The van der Waals surface area contributed by atoms with Crippen LogP contribution < -0.4 is 0 Å². The average molecular weight is 208 g/mol. The molecule has 0 amide bonds. The maximum atomic E-state index is 3.13. The minimum absolute atomic E-state index is 1.22. The molecule has 0 nitrogen and oxygen atoms in total. The van der Waals surface area contributed by atoms with Crippen molar-refractivity contribution in [3.8, 4) is 0 Å². The Hall–Kier alpha value is 0.250. The van der Waals surface area contributed by atoms with E-state index in [0.29, 0.717) is 0 Å². The first-order chi connectivity index (χ1) is 3.13. The lowest BCUT2D eigenvalue weighted by molar-refractivity contribution is 1.40. The van der Waals surface area contributed by atoms with Gasteiger partial charge in [0, 0.05) is 3.58 Å². The molecule has 0 aliphatic rings. The maximum absolute atomic E-state index is 3.13. The predicted octanol–water partition coefficient (Wildman–Crippen LogP) is 2.89. The zero-order valence-electron chi connectivity index (χ0n) is 4.88. The first-order valence-electron chi connectivity index (χ1n) is 2.19. The van der Waals surface area contributed by atoms with Crippen molar-refractivity contribution in [3.63, 3.8) is 0 Å². The molecule has 0 radical (unpaired) electrons. The van der Waals surface area contributed by atoms with E-state index in [0.717, 1.165) is 0 Å². The largest absolute Gasteiger partial charge is 0.113 e. The molecular weight excluding hydrogens is 199 g/mol. The van der Waals surface area contributed by atoms with Crippen molar-refractivity contribution in [2.45, 2.75) is 20.8 Å². The summed E-state index contributed by atoms with van der Waals surface area (Å²) in [5.41, 5.74) is 4.37. The van der Waals surface area contributed by atoms with Gasteiger partial charge in [0.05, 0.1) is 0 Å². The van der Waals surface area contributed by atoms with Crippen molar-refractivity contribution in [1.29, 1.82) is 0 Å². The van der Waals surface area contributed by atoms with Gasteiger partial charge in [0.15, 0.2) is 0 Å². The lowest BCUT2D eigenvalue weighted by Crippen LogP contribution is -1.54. The molecule has 0 unspecified atom stereocenters. The third kappa shape index (κ3) is 6.25. The zero-order valence-corrected chi connectivity index (χ0v) is 7.04.